The molecular weight excluding hydrogens is 586 g/mol. The van der Waals surface area contributed by atoms with Gasteiger partial charge in [0, 0.05) is 58.0 Å². The molecule has 0 unspecified atom stereocenters. The van der Waals surface area contributed by atoms with E-state index in [4.69, 9.17) is 14.5 Å². The Morgan fingerprint density at radius 2 is 1.95 bits per heavy atom. The number of nitrogens with one attached hydrogen (secondary N) is 2. The minimum absolute atomic E-state index is 0.00464. The number of amides is 1. The Morgan fingerprint density at radius 1 is 1.20 bits per heavy atom. The number of carbonyl (C=O) groups excluding carboxylic acids is 1. The van der Waals surface area contributed by atoms with Gasteiger partial charge in [-0.1, -0.05) is 20.8 Å². The van der Waals surface area contributed by atoms with Crippen molar-refractivity contribution in [3.05, 3.63) is 46.7 Å². The number of hydrogen-bond acceptors (Lipinski definition) is 9. The van der Waals surface area contributed by atoms with Crippen LogP contribution in [0.2, 0.25) is 0 Å². The molecule has 2 N–H and O–H groups in total. The highest BCUT2D eigenvalue weighted by Crippen LogP contribution is 2.47. The lowest BCUT2D eigenvalue weighted by atomic mass is 9.90. The summed E-state index contributed by atoms with van der Waals surface area (Å²) in [6, 6.07) is 5.42. The van der Waals surface area contributed by atoms with Crippen LogP contribution >= 0.6 is 11.3 Å². The lowest BCUT2D eigenvalue weighted by Gasteiger charge is -2.20. The largest absolute Gasteiger partial charge is 0.444 e. The average Bonchev–Trinajstić information content (AvgIpc) is 3.65. The summed E-state index contributed by atoms with van der Waals surface area (Å²) in [5, 5.41) is 17.3. The summed E-state index contributed by atoms with van der Waals surface area (Å²) < 4.78 is 44.4. The lowest BCUT2D eigenvalue weighted by Crippen LogP contribution is -2.39. The molecule has 1 fully saturated rings. The number of carbonyl (C=O) groups is 1. The first-order chi connectivity index (χ1) is 20.9. The Labute approximate surface area is 258 Å². The zero-order valence-electron chi connectivity index (χ0n) is 25.5. The highest BCUT2D eigenvalue weighted by molar-refractivity contribution is 7.23. The van der Waals surface area contributed by atoms with E-state index in [1.807, 2.05) is 4.90 Å². The molecule has 0 spiro atoms. The number of nitriles is 1. The summed E-state index contributed by atoms with van der Waals surface area (Å²) in [5.74, 6) is -0.672. The van der Waals surface area contributed by atoms with Gasteiger partial charge >= 0.3 is 6.09 Å². The normalized spacial score (nSPS) is 18.3. The number of fused-ring (bicyclic) bond motifs is 4. The third kappa shape index (κ3) is 5.33. The van der Waals surface area contributed by atoms with Crippen molar-refractivity contribution >= 4 is 49.4 Å². The van der Waals surface area contributed by atoms with Crippen molar-refractivity contribution in [3.8, 4) is 17.2 Å². The molecule has 6 rings (SSSR count). The maximum absolute atomic E-state index is 16.8. The molecule has 12 heteroatoms. The van der Waals surface area contributed by atoms with Gasteiger partial charge in [-0.05, 0) is 49.9 Å². The first-order valence-electron chi connectivity index (χ1n) is 14.6. The highest BCUT2D eigenvalue weighted by Gasteiger charge is 2.34. The number of benzene rings is 2. The Bertz CT molecular complexity index is 1840. The molecule has 4 aromatic rings. The van der Waals surface area contributed by atoms with Crippen molar-refractivity contribution in [1.82, 2.24) is 15.3 Å². The average molecular weight is 621 g/mol. The number of ether oxygens (including phenoxy) is 2. The van der Waals surface area contributed by atoms with E-state index in [2.05, 4.69) is 42.5 Å². The van der Waals surface area contributed by atoms with Crippen LogP contribution in [0.1, 0.15) is 58.2 Å². The lowest BCUT2D eigenvalue weighted by molar-refractivity contribution is 0.0636. The van der Waals surface area contributed by atoms with E-state index < -0.39 is 23.3 Å². The highest BCUT2D eigenvalue weighted by atomic mass is 32.1. The topological polar surface area (TPSA) is 112 Å². The molecule has 0 aliphatic carbocycles. The molecule has 230 valence electrons. The van der Waals surface area contributed by atoms with Crippen molar-refractivity contribution in [2.45, 2.75) is 72.4 Å². The Kier molecular flexibility index (Phi) is 7.68. The zero-order valence-corrected chi connectivity index (χ0v) is 26.3. The van der Waals surface area contributed by atoms with E-state index in [0.717, 1.165) is 11.3 Å². The van der Waals surface area contributed by atoms with Crippen LogP contribution in [0.25, 0.3) is 32.1 Å². The molecule has 2 aliphatic rings. The molecule has 4 heterocycles. The molecule has 0 bridgehead atoms. The standard InChI is InChI=1S/C32H34F2N6O3S/c1-15(2)37-22-12-40(11-16(22)3)30-36-10-18-19-13-42-14-20(19)25(27(34)28(18)38-30)26-21(33)7-8-23-24(26)17(9-35)29(44-23)39-31(41)43-32(4,5)6/h7-8,10,15-16,22,37H,11-14H2,1-6H3,(H,39,41)/t16-,22-/m1/s1. The third-order valence-electron chi connectivity index (χ3n) is 7.91. The van der Waals surface area contributed by atoms with Crippen molar-refractivity contribution in [2.24, 2.45) is 5.92 Å². The molecular formula is C32H34F2N6O3S. The van der Waals surface area contributed by atoms with Crippen molar-refractivity contribution < 1.29 is 23.0 Å². The Hall–Kier alpha value is -3.92. The van der Waals surface area contributed by atoms with Gasteiger partial charge < -0.3 is 19.7 Å². The minimum atomic E-state index is -0.765. The molecule has 2 aliphatic heterocycles. The second-order valence-corrected chi connectivity index (χ2v) is 13.8. The fourth-order valence-corrected chi connectivity index (χ4v) is 7.14. The summed E-state index contributed by atoms with van der Waals surface area (Å²) in [6.07, 6.45) is 0.872. The molecule has 2 atom stereocenters. The Morgan fingerprint density at radius 3 is 2.66 bits per heavy atom. The van der Waals surface area contributed by atoms with Crippen LogP contribution in [0.15, 0.2) is 18.3 Å². The van der Waals surface area contributed by atoms with E-state index in [9.17, 15) is 10.1 Å². The summed E-state index contributed by atoms with van der Waals surface area (Å²) >= 11 is 1.09. The van der Waals surface area contributed by atoms with Crippen LogP contribution in [-0.2, 0) is 22.7 Å². The molecule has 0 saturated carbocycles. The van der Waals surface area contributed by atoms with E-state index in [-0.39, 0.29) is 51.8 Å². The van der Waals surface area contributed by atoms with Gasteiger partial charge in [-0.15, -0.1) is 11.3 Å². The van der Waals surface area contributed by atoms with Gasteiger partial charge in [0.15, 0.2) is 5.82 Å². The number of thiophene rings is 1. The third-order valence-corrected chi connectivity index (χ3v) is 8.98. The van der Waals surface area contributed by atoms with Crippen molar-refractivity contribution in [3.63, 3.8) is 0 Å². The van der Waals surface area contributed by atoms with Gasteiger partial charge in [-0.25, -0.2) is 23.5 Å². The van der Waals surface area contributed by atoms with E-state index in [0.29, 0.717) is 52.2 Å². The fourth-order valence-electron chi connectivity index (χ4n) is 6.09. The first-order valence-corrected chi connectivity index (χ1v) is 15.4. The molecule has 9 nitrogen and oxygen atoms in total. The quantitative estimate of drug-likeness (QED) is 0.249. The first kappa shape index (κ1) is 30.1. The number of nitrogens with zero attached hydrogens (tertiary/aromatic N) is 4. The molecule has 44 heavy (non-hydrogen) atoms. The fraction of sp³-hybridized carbons (Fsp3) is 0.438. The monoisotopic (exact) mass is 620 g/mol. The van der Waals surface area contributed by atoms with Crippen LogP contribution in [0.3, 0.4) is 0 Å². The van der Waals surface area contributed by atoms with Gasteiger partial charge in [0.05, 0.1) is 18.8 Å². The maximum Gasteiger partial charge on any atom is 0.412 e. The van der Waals surface area contributed by atoms with Crippen LogP contribution in [0.5, 0.6) is 0 Å². The van der Waals surface area contributed by atoms with Gasteiger partial charge in [-0.3, -0.25) is 5.32 Å². The van der Waals surface area contributed by atoms with E-state index >= 15 is 8.78 Å². The van der Waals surface area contributed by atoms with Crippen molar-refractivity contribution in [1.29, 1.82) is 5.26 Å². The number of aromatic nitrogens is 2. The minimum Gasteiger partial charge on any atom is -0.444 e. The van der Waals surface area contributed by atoms with Crippen LogP contribution in [0, 0.1) is 28.9 Å². The second-order valence-electron chi connectivity index (χ2n) is 12.7. The number of hydrogen-bond donors (Lipinski definition) is 2. The summed E-state index contributed by atoms with van der Waals surface area (Å²) in [7, 11) is 0. The number of anilines is 2. The number of rotatable bonds is 5. The van der Waals surface area contributed by atoms with Gasteiger partial charge in [0.2, 0.25) is 5.95 Å². The summed E-state index contributed by atoms with van der Waals surface area (Å²) in [4.78, 5) is 23.9. The van der Waals surface area contributed by atoms with Gasteiger partial charge in [0.25, 0.3) is 0 Å². The predicted octanol–water partition coefficient (Wildman–Crippen LogP) is 6.86. The zero-order chi connectivity index (χ0) is 31.5. The summed E-state index contributed by atoms with van der Waals surface area (Å²) in [5.41, 5.74) is 0.448. The second kappa shape index (κ2) is 11.2. The molecule has 1 amide bonds. The van der Waals surface area contributed by atoms with E-state index in [1.165, 1.54) is 12.1 Å². The van der Waals surface area contributed by atoms with Gasteiger partial charge in [-0.2, -0.15) is 5.26 Å². The predicted molar refractivity (Wildman–Crippen MR) is 167 cm³/mol. The van der Waals surface area contributed by atoms with Crippen LogP contribution in [0.4, 0.5) is 24.5 Å². The van der Waals surface area contributed by atoms with Crippen LogP contribution in [-0.4, -0.2) is 46.8 Å². The molecule has 0 radical (unpaired) electrons. The van der Waals surface area contributed by atoms with E-state index in [1.54, 1.807) is 27.0 Å². The van der Waals surface area contributed by atoms with Crippen LogP contribution < -0.4 is 15.5 Å². The van der Waals surface area contributed by atoms with Crippen molar-refractivity contribution in [2.75, 3.05) is 23.3 Å². The maximum atomic E-state index is 16.8. The van der Waals surface area contributed by atoms with Gasteiger partial charge in [0.1, 0.15) is 28.0 Å². The molecule has 2 aromatic heterocycles. The SMILES string of the molecule is CC(C)N[C@@H]1CN(c2ncc3c4c(c(-c5c(F)ccc6sc(NC(=O)OC(C)(C)C)c(C#N)c56)c(F)c3n2)COC4)C[C@H]1C. The number of halogens is 2. The molecule has 1 saturated heterocycles. The smallest absolute Gasteiger partial charge is 0.412 e. The Balaban J connectivity index is 1.51. The summed E-state index contributed by atoms with van der Waals surface area (Å²) in [6.45, 7) is 13.2. The molecule has 2 aromatic carbocycles.